The highest BCUT2D eigenvalue weighted by molar-refractivity contribution is 5.86. The van der Waals surface area contributed by atoms with Gasteiger partial charge >= 0.3 is 0 Å². The average Bonchev–Trinajstić information content (AvgIpc) is 2.85. The molecule has 0 aliphatic carbocycles. The van der Waals surface area contributed by atoms with Crippen LogP contribution in [0.2, 0.25) is 0 Å². The Morgan fingerprint density at radius 2 is 0.909 bits per heavy atom. The Morgan fingerprint density at radius 3 is 1.39 bits per heavy atom. The van der Waals surface area contributed by atoms with Crippen LogP contribution in [0.1, 0.15) is 33.4 Å². The molecule has 0 fully saturated rings. The van der Waals surface area contributed by atoms with Gasteiger partial charge in [-0.1, -0.05) is 66.7 Å². The Labute approximate surface area is 195 Å². The van der Waals surface area contributed by atoms with Gasteiger partial charge < -0.3 is 14.2 Å². The van der Waals surface area contributed by atoms with Crippen molar-refractivity contribution in [2.24, 2.45) is 9.98 Å². The van der Waals surface area contributed by atoms with Gasteiger partial charge in [0.15, 0.2) is 0 Å². The van der Waals surface area contributed by atoms with Crippen molar-refractivity contribution in [1.29, 1.82) is 0 Å². The van der Waals surface area contributed by atoms with E-state index in [0.29, 0.717) is 52.7 Å². The average molecular weight is 443 g/mol. The number of rotatable bonds is 0. The minimum atomic E-state index is 0.562. The summed E-state index contributed by atoms with van der Waals surface area (Å²) < 4.78 is 17.0. The molecule has 4 heterocycles. The Kier molecular flexibility index (Phi) is 8.94. The molecule has 6 bridgehead atoms. The van der Waals surface area contributed by atoms with Crippen molar-refractivity contribution >= 4 is 12.4 Å². The quantitative estimate of drug-likeness (QED) is 0.493. The number of ether oxygens (including phenoxy) is 3. The van der Waals surface area contributed by atoms with Gasteiger partial charge in [-0.15, -0.1) is 0 Å². The first-order valence-corrected chi connectivity index (χ1v) is 11.3. The van der Waals surface area contributed by atoms with Gasteiger partial charge in [0.25, 0.3) is 0 Å². The van der Waals surface area contributed by atoms with Crippen molar-refractivity contribution in [3.63, 3.8) is 0 Å². The molecule has 0 unspecified atom stereocenters. The molecule has 0 spiro atoms. The predicted octanol–water partition coefficient (Wildman–Crippen LogP) is 4.99. The monoisotopic (exact) mass is 442 g/mol. The van der Waals surface area contributed by atoms with Crippen LogP contribution in [0.3, 0.4) is 0 Å². The fourth-order valence-corrected chi connectivity index (χ4v) is 3.43. The molecule has 4 aliphatic rings. The van der Waals surface area contributed by atoms with Crippen LogP contribution < -0.4 is 0 Å². The first-order chi connectivity index (χ1) is 16.3. The molecule has 0 radical (unpaired) electrons. The second kappa shape index (κ2) is 12.8. The second-order valence-corrected chi connectivity index (χ2v) is 7.96. The Morgan fingerprint density at radius 1 is 0.485 bits per heavy atom. The summed E-state index contributed by atoms with van der Waals surface area (Å²) in [4.78, 5) is 9.20. The summed E-state index contributed by atoms with van der Waals surface area (Å²) in [6.45, 7) is 4.70. The summed E-state index contributed by atoms with van der Waals surface area (Å²) in [5, 5.41) is 0. The summed E-state index contributed by atoms with van der Waals surface area (Å²) in [6.07, 6.45) is 3.83. The molecule has 0 saturated carbocycles. The molecule has 5 nitrogen and oxygen atoms in total. The maximum atomic E-state index is 5.71. The van der Waals surface area contributed by atoms with Gasteiger partial charge in [0.1, 0.15) is 0 Å². The molecular weight excluding hydrogens is 412 g/mol. The lowest BCUT2D eigenvalue weighted by atomic mass is 10.1. The van der Waals surface area contributed by atoms with Crippen LogP contribution in [-0.4, -0.2) is 38.9 Å². The highest BCUT2D eigenvalue weighted by atomic mass is 16.5. The zero-order valence-electron chi connectivity index (χ0n) is 18.9. The molecule has 0 aromatic heterocycles. The van der Waals surface area contributed by atoms with Crippen molar-refractivity contribution in [3.8, 4) is 0 Å². The zero-order chi connectivity index (χ0) is 22.6. The third-order valence-electron chi connectivity index (χ3n) is 5.27. The van der Waals surface area contributed by atoms with Crippen molar-refractivity contribution in [2.75, 3.05) is 26.4 Å². The maximum Gasteiger partial charge on any atom is 0.0718 e. The zero-order valence-corrected chi connectivity index (χ0v) is 18.9. The highest BCUT2D eigenvalue weighted by Gasteiger charge is 1.99. The van der Waals surface area contributed by atoms with Crippen molar-refractivity contribution in [2.45, 2.75) is 26.3 Å². The summed E-state index contributed by atoms with van der Waals surface area (Å²) in [5.74, 6) is 0. The first kappa shape index (κ1) is 23.1. The molecule has 0 atom stereocenters. The van der Waals surface area contributed by atoms with E-state index in [2.05, 4.69) is 76.7 Å². The third-order valence-corrected chi connectivity index (χ3v) is 5.27. The number of nitrogens with zero attached hydrogens (tertiary/aromatic N) is 2. The fourth-order valence-electron chi connectivity index (χ4n) is 3.43. The van der Waals surface area contributed by atoms with Gasteiger partial charge in [-0.05, 0) is 39.4 Å². The number of hydrogen-bond acceptors (Lipinski definition) is 5. The number of aliphatic imine (C=N–C) groups is 2. The molecule has 7 rings (SSSR count). The first-order valence-electron chi connectivity index (χ1n) is 11.3. The predicted molar refractivity (Wildman–Crippen MR) is 132 cm³/mol. The summed E-state index contributed by atoms with van der Waals surface area (Å²) in [5.41, 5.74) is 6.76. The minimum absolute atomic E-state index is 0.562. The normalized spacial score (nSPS) is 16.1. The van der Waals surface area contributed by atoms with E-state index in [4.69, 9.17) is 14.2 Å². The molecule has 3 aromatic rings. The molecule has 0 N–H and O–H groups in total. The van der Waals surface area contributed by atoms with Gasteiger partial charge in [-0.3, -0.25) is 9.98 Å². The second-order valence-electron chi connectivity index (χ2n) is 7.96. The van der Waals surface area contributed by atoms with Crippen LogP contribution >= 0.6 is 0 Å². The number of hydrogen-bond donors (Lipinski definition) is 0. The molecule has 0 saturated heterocycles. The Hall–Kier alpha value is -3.12. The van der Waals surface area contributed by atoms with Crippen molar-refractivity contribution < 1.29 is 14.2 Å². The van der Waals surface area contributed by atoms with E-state index >= 15 is 0 Å². The van der Waals surface area contributed by atoms with E-state index in [9.17, 15) is 0 Å². The van der Waals surface area contributed by atoms with Crippen LogP contribution in [0.4, 0.5) is 0 Å². The van der Waals surface area contributed by atoms with E-state index in [1.54, 1.807) is 0 Å². The highest BCUT2D eigenvalue weighted by Crippen LogP contribution is 2.09. The van der Waals surface area contributed by atoms with Crippen molar-refractivity contribution in [1.82, 2.24) is 0 Å². The van der Waals surface area contributed by atoms with Crippen LogP contribution in [0.5, 0.6) is 0 Å². The minimum Gasteiger partial charge on any atom is -0.377 e. The van der Waals surface area contributed by atoms with Gasteiger partial charge in [0.2, 0.25) is 0 Å². The summed E-state index contributed by atoms with van der Waals surface area (Å²) >= 11 is 0. The topological polar surface area (TPSA) is 52.4 Å². The standard InChI is InChI=1S/C28H30N2O3/c1-2-27-16-28(3-1)20-30-18-24-6-10-26(11-7-24)22-33-15-13-31-12-14-32-21-25-8-4-23(5-9-25)17-29-19-27/h1-11,16,19-20H,12-15,17-18,21-22H2. The largest absolute Gasteiger partial charge is 0.377 e. The van der Waals surface area contributed by atoms with E-state index in [-0.39, 0.29) is 0 Å². The smallest absolute Gasteiger partial charge is 0.0718 e. The molecule has 3 aromatic carbocycles. The number of benzene rings is 3. The lowest BCUT2D eigenvalue weighted by molar-refractivity contribution is 0.00704. The molecule has 4 aliphatic heterocycles. The Bertz CT molecular complexity index is 963. The molecular formula is C28H30N2O3. The van der Waals surface area contributed by atoms with Crippen LogP contribution in [0, 0.1) is 0 Å². The lowest BCUT2D eigenvalue weighted by Crippen LogP contribution is -2.09. The van der Waals surface area contributed by atoms with Crippen LogP contribution in [0.15, 0.2) is 82.8 Å². The van der Waals surface area contributed by atoms with E-state index in [1.165, 1.54) is 11.1 Å². The van der Waals surface area contributed by atoms with Crippen LogP contribution in [0.25, 0.3) is 0 Å². The third kappa shape index (κ3) is 8.06. The SMILES string of the molecule is C1=NCc2ccc(cc2)COCCOCCOCc2ccc(cc2)CN=Cc2cccc1c2. The molecule has 0 amide bonds. The van der Waals surface area contributed by atoms with Crippen molar-refractivity contribution in [3.05, 3.63) is 106 Å². The van der Waals surface area contributed by atoms with E-state index < -0.39 is 0 Å². The molecule has 5 heteroatoms. The van der Waals surface area contributed by atoms with Gasteiger partial charge in [0, 0.05) is 12.4 Å². The van der Waals surface area contributed by atoms with E-state index in [0.717, 1.165) is 22.3 Å². The summed E-state index contributed by atoms with van der Waals surface area (Å²) in [6, 6.07) is 25.0. The summed E-state index contributed by atoms with van der Waals surface area (Å²) in [7, 11) is 0. The van der Waals surface area contributed by atoms with Crippen LogP contribution in [-0.2, 0) is 40.5 Å². The fraction of sp³-hybridized carbons (Fsp3) is 0.286. The Balaban J connectivity index is 1.42. The van der Waals surface area contributed by atoms with E-state index in [1.807, 2.05) is 18.5 Å². The van der Waals surface area contributed by atoms with Gasteiger partial charge in [-0.2, -0.15) is 0 Å². The molecule has 170 valence electrons. The lowest BCUT2D eigenvalue weighted by Gasteiger charge is -2.08. The van der Waals surface area contributed by atoms with Gasteiger partial charge in [0.05, 0.1) is 52.7 Å². The maximum absolute atomic E-state index is 5.71. The van der Waals surface area contributed by atoms with Gasteiger partial charge in [-0.25, -0.2) is 0 Å². The molecule has 33 heavy (non-hydrogen) atoms.